The Morgan fingerprint density at radius 3 is 2.41 bits per heavy atom. The molecule has 2 fully saturated rings. The molecule has 1 heterocycles. The molecular formula is C27H35ClF3N3. The molecule has 0 atom stereocenters. The largest absolute Gasteiger partial charge is 0.433 e. The van der Waals surface area contributed by atoms with Crippen molar-refractivity contribution < 1.29 is 13.2 Å². The quantitative estimate of drug-likeness (QED) is 0.370. The van der Waals surface area contributed by atoms with Crippen LogP contribution in [0, 0.1) is 5.92 Å². The number of alkyl halides is 3. The molecule has 1 aromatic carbocycles. The maximum atomic E-state index is 13.8. The van der Waals surface area contributed by atoms with Gasteiger partial charge in [0, 0.05) is 34.2 Å². The molecule has 186 valence electrons. The average Bonchev–Trinajstić information content (AvgIpc) is 3.67. The standard InChI is InChI=1S/C27H35ClF3N3/c1-2-23-22(24(27(29,30)31)34-25(33-23)19-10-11-19)9-4-3-6-18-12-14-26(17-32,15-13-18)20-7-5-8-21(28)16-20/h5,7-8,16,18-19H,2-4,6,9-15,17,32H2,1H3. The van der Waals surface area contributed by atoms with Crippen molar-refractivity contribution in [2.75, 3.05) is 6.54 Å². The lowest BCUT2D eigenvalue weighted by molar-refractivity contribution is -0.142. The van der Waals surface area contributed by atoms with E-state index in [-0.39, 0.29) is 11.3 Å². The highest BCUT2D eigenvalue weighted by Gasteiger charge is 2.39. The normalized spacial score (nSPS) is 23.3. The van der Waals surface area contributed by atoms with Crippen LogP contribution in [0.15, 0.2) is 24.3 Å². The van der Waals surface area contributed by atoms with E-state index in [9.17, 15) is 13.2 Å². The third-order valence-corrected chi connectivity index (χ3v) is 8.07. The molecule has 1 aromatic heterocycles. The molecule has 0 unspecified atom stereocenters. The highest BCUT2D eigenvalue weighted by Crippen LogP contribution is 2.43. The number of hydrogen-bond acceptors (Lipinski definition) is 3. The zero-order valence-corrected chi connectivity index (χ0v) is 20.7. The monoisotopic (exact) mass is 493 g/mol. The lowest BCUT2D eigenvalue weighted by Gasteiger charge is -2.40. The Balaban J connectivity index is 1.34. The first-order chi connectivity index (χ1) is 16.3. The second kappa shape index (κ2) is 10.5. The first-order valence-electron chi connectivity index (χ1n) is 12.7. The van der Waals surface area contributed by atoms with Crippen LogP contribution in [0.2, 0.25) is 5.02 Å². The molecule has 2 aliphatic rings. The van der Waals surface area contributed by atoms with Crippen LogP contribution in [0.1, 0.15) is 99.0 Å². The molecule has 2 aliphatic carbocycles. The predicted octanol–water partition coefficient (Wildman–Crippen LogP) is 7.39. The first kappa shape index (κ1) is 25.4. The van der Waals surface area contributed by atoms with E-state index in [2.05, 4.69) is 16.0 Å². The Bertz CT molecular complexity index is 980. The Labute approximate surface area is 205 Å². The molecule has 0 spiro atoms. The highest BCUT2D eigenvalue weighted by atomic mass is 35.5. The molecule has 2 N–H and O–H groups in total. The SMILES string of the molecule is CCc1nc(C2CC2)nc(C(F)(F)F)c1CCCCC1CCC(CN)(c2cccc(Cl)c2)CC1. The van der Waals surface area contributed by atoms with E-state index in [4.69, 9.17) is 17.3 Å². The van der Waals surface area contributed by atoms with Gasteiger partial charge in [0.25, 0.3) is 0 Å². The van der Waals surface area contributed by atoms with E-state index < -0.39 is 11.9 Å². The van der Waals surface area contributed by atoms with Gasteiger partial charge in [-0.2, -0.15) is 13.2 Å². The first-order valence-corrected chi connectivity index (χ1v) is 13.1. The van der Waals surface area contributed by atoms with E-state index in [1.165, 1.54) is 5.56 Å². The van der Waals surface area contributed by atoms with Gasteiger partial charge in [-0.05, 0) is 81.4 Å². The summed E-state index contributed by atoms with van der Waals surface area (Å²) in [4.78, 5) is 8.51. The van der Waals surface area contributed by atoms with E-state index >= 15 is 0 Å². The molecule has 2 aromatic rings. The van der Waals surface area contributed by atoms with Crippen LogP contribution in [0.3, 0.4) is 0 Å². The van der Waals surface area contributed by atoms with Crippen molar-refractivity contribution in [3.8, 4) is 0 Å². The number of aryl methyl sites for hydroxylation is 1. The summed E-state index contributed by atoms with van der Waals surface area (Å²) in [6, 6.07) is 8.04. The van der Waals surface area contributed by atoms with Gasteiger partial charge in [-0.1, -0.05) is 43.5 Å². The zero-order chi connectivity index (χ0) is 24.3. The van der Waals surface area contributed by atoms with Crippen LogP contribution in [0.25, 0.3) is 0 Å². The second-order valence-electron chi connectivity index (χ2n) is 10.2. The van der Waals surface area contributed by atoms with E-state index in [1.54, 1.807) is 0 Å². The maximum absolute atomic E-state index is 13.8. The lowest BCUT2D eigenvalue weighted by Crippen LogP contribution is -2.39. The summed E-state index contributed by atoms with van der Waals surface area (Å²) in [5.41, 5.74) is 7.62. The van der Waals surface area contributed by atoms with Crippen molar-refractivity contribution in [1.82, 2.24) is 9.97 Å². The topological polar surface area (TPSA) is 51.8 Å². The summed E-state index contributed by atoms with van der Waals surface area (Å²) >= 11 is 6.21. The van der Waals surface area contributed by atoms with Crippen LogP contribution >= 0.6 is 11.6 Å². The molecule has 4 rings (SSSR count). The number of nitrogens with two attached hydrogens (primary N) is 1. The van der Waals surface area contributed by atoms with Crippen molar-refractivity contribution in [2.45, 2.75) is 95.1 Å². The van der Waals surface area contributed by atoms with Crippen LogP contribution < -0.4 is 5.73 Å². The Morgan fingerprint density at radius 2 is 1.82 bits per heavy atom. The molecule has 7 heteroatoms. The maximum Gasteiger partial charge on any atom is 0.433 e. The van der Waals surface area contributed by atoms with Gasteiger partial charge < -0.3 is 5.73 Å². The van der Waals surface area contributed by atoms with Crippen molar-refractivity contribution in [1.29, 1.82) is 0 Å². The summed E-state index contributed by atoms with van der Waals surface area (Å²) in [5.74, 6) is 1.10. The molecule has 2 saturated carbocycles. The minimum atomic E-state index is -4.43. The Hall–Kier alpha value is -1.66. The fraction of sp³-hybridized carbons (Fsp3) is 0.630. The van der Waals surface area contributed by atoms with E-state index in [0.29, 0.717) is 42.4 Å². The van der Waals surface area contributed by atoms with Gasteiger partial charge in [-0.25, -0.2) is 9.97 Å². The second-order valence-corrected chi connectivity index (χ2v) is 10.6. The van der Waals surface area contributed by atoms with Gasteiger partial charge in [-0.3, -0.25) is 0 Å². The minimum Gasteiger partial charge on any atom is -0.330 e. The summed E-state index contributed by atoms with van der Waals surface area (Å²) in [5, 5.41) is 0.742. The van der Waals surface area contributed by atoms with Gasteiger partial charge in [0.1, 0.15) is 5.82 Å². The number of hydrogen-bond donors (Lipinski definition) is 1. The molecule has 0 aliphatic heterocycles. The fourth-order valence-electron chi connectivity index (χ4n) is 5.55. The summed E-state index contributed by atoms with van der Waals surface area (Å²) in [7, 11) is 0. The van der Waals surface area contributed by atoms with Crippen LogP contribution in [0.4, 0.5) is 13.2 Å². The number of unbranched alkanes of at least 4 members (excludes halogenated alkanes) is 1. The number of aromatic nitrogens is 2. The van der Waals surface area contributed by atoms with Gasteiger partial charge >= 0.3 is 6.18 Å². The van der Waals surface area contributed by atoms with Gasteiger partial charge in [0.15, 0.2) is 5.69 Å². The van der Waals surface area contributed by atoms with Crippen molar-refractivity contribution >= 4 is 11.6 Å². The highest BCUT2D eigenvalue weighted by molar-refractivity contribution is 6.30. The van der Waals surface area contributed by atoms with Crippen LogP contribution in [-0.2, 0) is 24.4 Å². The number of nitrogens with zero attached hydrogens (tertiary/aromatic N) is 2. The average molecular weight is 494 g/mol. The molecular weight excluding hydrogens is 459 g/mol. The fourth-order valence-corrected chi connectivity index (χ4v) is 5.74. The Kier molecular flexibility index (Phi) is 7.88. The summed E-state index contributed by atoms with van der Waals surface area (Å²) in [6.45, 7) is 2.49. The van der Waals surface area contributed by atoms with Crippen molar-refractivity contribution in [3.63, 3.8) is 0 Å². The van der Waals surface area contributed by atoms with Crippen molar-refractivity contribution in [3.05, 3.63) is 57.6 Å². The minimum absolute atomic E-state index is 0.0142. The lowest BCUT2D eigenvalue weighted by atomic mass is 9.66. The molecule has 0 bridgehead atoms. The van der Waals surface area contributed by atoms with Crippen molar-refractivity contribution in [2.24, 2.45) is 11.7 Å². The number of halogens is 4. The van der Waals surface area contributed by atoms with Gasteiger partial charge in [0.2, 0.25) is 0 Å². The molecule has 0 radical (unpaired) electrons. The van der Waals surface area contributed by atoms with Crippen LogP contribution in [-0.4, -0.2) is 16.5 Å². The zero-order valence-electron chi connectivity index (χ0n) is 19.9. The number of benzene rings is 1. The Morgan fingerprint density at radius 1 is 1.09 bits per heavy atom. The third kappa shape index (κ3) is 5.76. The van der Waals surface area contributed by atoms with Crippen LogP contribution in [0.5, 0.6) is 0 Å². The smallest absolute Gasteiger partial charge is 0.330 e. The van der Waals surface area contributed by atoms with Gasteiger partial charge in [0.05, 0.1) is 0 Å². The molecule has 0 saturated heterocycles. The summed E-state index contributed by atoms with van der Waals surface area (Å²) < 4.78 is 41.4. The van der Waals surface area contributed by atoms with E-state index in [0.717, 1.165) is 62.8 Å². The predicted molar refractivity (Wildman–Crippen MR) is 130 cm³/mol. The van der Waals surface area contributed by atoms with Gasteiger partial charge in [-0.15, -0.1) is 0 Å². The molecule has 3 nitrogen and oxygen atoms in total. The van der Waals surface area contributed by atoms with E-state index in [1.807, 2.05) is 25.1 Å². The third-order valence-electron chi connectivity index (χ3n) is 7.84. The summed E-state index contributed by atoms with van der Waals surface area (Å²) in [6.07, 6.45) is 5.20. The number of rotatable bonds is 9. The molecule has 0 amide bonds. The molecule has 34 heavy (non-hydrogen) atoms.